The number of carbonyl (C=O) groups is 1. The van der Waals surface area contributed by atoms with Gasteiger partial charge in [0.1, 0.15) is 12.7 Å². The molecule has 0 spiro atoms. The molecule has 2 N–H and O–H groups in total. The molecule has 2 atom stereocenters. The van der Waals surface area contributed by atoms with Crippen molar-refractivity contribution in [1.82, 2.24) is 5.32 Å². The van der Waals surface area contributed by atoms with E-state index in [1.807, 2.05) is 48.5 Å². The molecule has 1 amide bonds. The Morgan fingerprint density at radius 2 is 1.70 bits per heavy atom. The Labute approximate surface area is 156 Å². The Morgan fingerprint density at radius 3 is 2.33 bits per heavy atom. The highest BCUT2D eigenvalue weighted by atomic mass is 19.3. The molecule has 6 heteroatoms. The molecule has 0 heterocycles. The van der Waals surface area contributed by atoms with E-state index in [0.717, 1.165) is 22.3 Å². The minimum Gasteiger partial charge on any atom is -0.449 e. The molecule has 0 aliphatic heterocycles. The summed E-state index contributed by atoms with van der Waals surface area (Å²) in [7, 11) is 0. The van der Waals surface area contributed by atoms with Gasteiger partial charge in [0, 0.05) is 12.3 Å². The summed E-state index contributed by atoms with van der Waals surface area (Å²) in [4.78, 5) is 12.2. The summed E-state index contributed by atoms with van der Waals surface area (Å²) in [6.07, 6.45) is -2.47. The Balaban J connectivity index is 1.44. The van der Waals surface area contributed by atoms with Crippen LogP contribution < -0.4 is 5.32 Å². The molecule has 2 aliphatic carbocycles. The number of fused-ring (bicyclic) bond motifs is 3. The molecule has 4 nitrogen and oxygen atoms in total. The number of nitrogens with one attached hydrogen (secondary N) is 1. The Bertz CT molecular complexity index is 809. The maximum atomic E-state index is 13.6. The Hall–Kier alpha value is -2.47. The molecule has 2 aromatic rings. The summed E-state index contributed by atoms with van der Waals surface area (Å²) in [5.41, 5.74) is 4.39. The fraction of sp³-hybridized carbons (Fsp3) is 0.381. The van der Waals surface area contributed by atoms with Crippen molar-refractivity contribution in [2.75, 3.05) is 6.61 Å². The second kappa shape index (κ2) is 6.93. The van der Waals surface area contributed by atoms with Crippen molar-refractivity contribution in [3.63, 3.8) is 0 Å². The lowest BCUT2D eigenvalue weighted by atomic mass is 9.89. The van der Waals surface area contributed by atoms with Crippen LogP contribution in [0.1, 0.15) is 36.3 Å². The largest absolute Gasteiger partial charge is 0.449 e. The second-order valence-electron chi connectivity index (χ2n) is 7.17. The highest BCUT2D eigenvalue weighted by Gasteiger charge is 2.46. The minimum atomic E-state index is -3.18. The third-order valence-electron chi connectivity index (χ3n) is 5.49. The number of carbonyl (C=O) groups excluding carboxylic acids is 1. The van der Waals surface area contributed by atoms with E-state index in [4.69, 9.17) is 4.74 Å². The van der Waals surface area contributed by atoms with Crippen molar-refractivity contribution in [2.24, 2.45) is 0 Å². The number of hydrogen-bond acceptors (Lipinski definition) is 3. The molecule has 0 bridgehead atoms. The van der Waals surface area contributed by atoms with Crippen LogP contribution in [0.4, 0.5) is 13.6 Å². The van der Waals surface area contributed by atoms with Crippen molar-refractivity contribution in [1.29, 1.82) is 0 Å². The van der Waals surface area contributed by atoms with Gasteiger partial charge in [-0.1, -0.05) is 48.5 Å². The first-order valence-electron chi connectivity index (χ1n) is 9.15. The lowest BCUT2D eigenvalue weighted by Gasteiger charge is -2.34. The SMILES string of the molecule is O=C(N[C@H]1CCCC(F)(F)[C@@H]1O)OCC1c2ccccc2-c2ccccc21. The molecule has 0 aromatic heterocycles. The van der Waals surface area contributed by atoms with E-state index < -0.39 is 24.2 Å². The van der Waals surface area contributed by atoms with Crippen LogP contribution in [0, 0.1) is 0 Å². The molecule has 1 fully saturated rings. The summed E-state index contributed by atoms with van der Waals surface area (Å²) < 4.78 is 32.6. The molecule has 27 heavy (non-hydrogen) atoms. The molecule has 2 aliphatic rings. The van der Waals surface area contributed by atoms with Gasteiger partial charge in [-0.2, -0.15) is 0 Å². The monoisotopic (exact) mass is 373 g/mol. The van der Waals surface area contributed by atoms with Crippen LogP contribution in [0.25, 0.3) is 11.1 Å². The highest BCUT2D eigenvalue weighted by molar-refractivity contribution is 5.79. The first-order valence-corrected chi connectivity index (χ1v) is 9.15. The third kappa shape index (κ3) is 3.30. The van der Waals surface area contributed by atoms with Crippen LogP contribution in [-0.4, -0.2) is 35.9 Å². The van der Waals surface area contributed by atoms with E-state index in [-0.39, 0.29) is 25.4 Å². The van der Waals surface area contributed by atoms with E-state index >= 15 is 0 Å². The number of ether oxygens (including phenoxy) is 1. The molecule has 2 aromatic carbocycles. The number of aliphatic hydroxyl groups excluding tert-OH is 1. The van der Waals surface area contributed by atoms with Crippen LogP contribution in [0.15, 0.2) is 48.5 Å². The van der Waals surface area contributed by atoms with Crippen LogP contribution in [0.2, 0.25) is 0 Å². The molecular formula is C21H21F2NO3. The molecule has 142 valence electrons. The number of hydrogen-bond donors (Lipinski definition) is 2. The zero-order valence-corrected chi connectivity index (χ0v) is 14.7. The van der Waals surface area contributed by atoms with Gasteiger partial charge in [0.15, 0.2) is 0 Å². The van der Waals surface area contributed by atoms with Crippen molar-refractivity contribution in [3.8, 4) is 11.1 Å². The van der Waals surface area contributed by atoms with E-state index in [0.29, 0.717) is 6.42 Å². The smallest absolute Gasteiger partial charge is 0.407 e. The van der Waals surface area contributed by atoms with Gasteiger partial charge < -0.3 is 15.2 Å². The fourth-order valence-corrected chi connectivity index (χ4v) is 4.10. The van der Waals surface area contributed by atoms with Gasteiger partial charge in [0.05, 0.1) is 6.04 Å². The number of alkyl carbamates (subject to hydrolysis) is 1. The van der Waals surface area contributed by atoms with E-state index in [9.17, 15) is 18.7 Å². The molecular weight excluding hydrogens is 352 g/mol. The van der Waals surface area contributed by atoms with Gasteiger partial charge in [0.25, 0.3) is 5.92 Å². The van der Waals surface area contributed by atoms with Crippen LogP contribution in [0.5, 0.6) is 0 Å². The predicted molar refractivity (Wildman–Crippen MR) is 96.8 cm³/mol. The summed E-state index contributed by atoms with van der Waals surface area (Å²) in [6, 6.07) is 14.9. The van der Waals surface area contributed by atoms with Crippen LogP contribution in [0.3, 0.4) is 0 Å². The van der Waals surface area contributed by atoms with E-state index in [1.165, 1.54) is 0 Å². The summed E-state index contributed by atoms with van der Waals surface area (Å²) >= 11 is 0. The lowest BCUT2D eigenvalue weighted by Crippen LogP contribution is -2.54. The number of aliphatic hydroxyl groups is 1. The highest BCUT2D eigenvalue weighted by Crippen LogP contribution is 2.44. The standard InChI is InChI=1S/C21H21F2NO3/c22-21(23)11-5-10-18(19(21)25)24-20(26)27-12-17-15-8-3-1-6-13(15)14-7-2-4-9-16(14)17/h1-4,6-9,17-19,25H,5,10-12H2,(H,24,26)/t18-,19+/m0/s1. The van der Waals surface area contributed by atoms with Gasteiger partial charge in [-0.15, -0.1) is 0 Å². The van der Waals surface area contributed by atoms with Gasteiger partial charge in [0.2, 0.25) is 0 Å². The minimum absolute atomic E-state index is 0.0964. The van der Waals surface area contributed by atoms with Crippen molar-refractivity contribution in [2.45, 2.75) is 43.2 Å². The fourth-order valence-electron chi connectivity index (χ4n) is 4.10. The van der Waals surface area contributed by atoms with Crippen molar-refractivity contribution in [3.05, 3.63) is 59.7 Å². The molecule has 1 saturated carbocycles. The Kier molecular flexibility index (Phi) is 4.60. The maximum absolute atomic E-state index is 13.6. The Morgan fingerprint density at radius 1 is 1.11 bits per heavy atom. The zero-order chi connectivity index (χ0) is 19.0. The van der Waals surface area contributed by atoms with Crippen molar-refractivity contribution < 1.29 is 23.4 Å². The van der Waals surface area contributed by atoms with Crippen LogP contribution in [-0.2, 0) is 4.74 Å². The number of amides is 1. The maximum Gasteiger partial charge on any atom is 0.407 e. The average Bonchev–Trinajstić information content (AvgIpc) is 2.98. The summed E-state index contributed by atoms with van der Waals surface area (Å²) in [5.74, 6) is -3.28. The topological polar surface area (TPSA) is 58.6 Å². The molecule has 4 rings (SSSR count). The van der Waals surface area contributed by atoms with E-state index in [1.54, 1.807) is 0 Å². The second-order valence-corrected chi connectivity index (χ2v) is 7.17. The average molecular weight is 373 g/mol. The summed E-state index contributed by atoms with van der Waals surface area (Å²) in [6.45, 7) is 0.110. The number of benzene rings is 2. The zero-order valence-electron chi connectivity index (χ0n) is 14.7. The first kappa shape index (κ1) is 17.9. The van der Waals surface area contributed by atoms with Crippen LogP contribution >= 0.6 is 0 Å². The first-order chi connectivity index (χ1) is 13.0. The summed E-state index contributed by atoms with van der Waals surface area (Å²) in [5, 5.41) is 12.2. The molecule has 0 saturated heterocycles. The lowest BCUT2D eigenvalue weighted by molar-refractivity contribution is -0.142. The molecule has 0 radical (unpaired) electrons. The quantitative estimate of drug-likeness (QED) is 0.853. The predicted octanol–water partition coefficient (Wildman–Crippen LogP) is 4.07. The number of alkyl halides is 2. The van der Waals surface area contributed by atoms with Gasteiger partial charge >= 0.3 is 6.09 Å². The van der Waals surface area contributed by atoms with Gasteiger partial charge in [-0.3, -0.25) is 0 Å². The normalized spacial score (nSPS) is 23.4. The van der Waals surface area contributed by atoms with Crippen molar-refractivity contribution >= 4 is 6.09 Å². The number of halogens is 2. The van der Waals surface area contributed by atoms with Gasteiger partial charge in [-0.05, 0) is 35.1 Å². The third-order valence-corrected chi connectivity index (χ3v) is 5.49. The van der Waals surface area contributed by atoms with Gasteiger partial charge in [-0.25, -0.2) is 13.6 Å². The molecule has 0 unspecified atom stereocenters. The number of rotatable bonds is 3. The van der Waals surface area contributed by atoms with E-state index in [2.05, 4.69) is 5.32 Å².